The smallest absolute Gasteiger partial charge is 0.305 e. The van der Waals surface area contributed by atoms with Gasteiger partial charge in [-0.15, -0.1) is 0 Å². The lowest BCUT2D eigenvalue weighted by Crippen LogP contribution is -2.54. The summed E-state index contributed by atoms with van der Waals surface area (Å²) in [5.74, 6) is -0.585. The van der Waals surface area contributed by atoms with Crippen molar-refractivity contribution in [2.24, 2.45) is 0 Å². The van der Waals surface area contributed by atoms with E-state index in [0.29, 0.717) is 11.3 Å². The van der Waals surface area contributed by atoms with Gasteiger partial charge in [-0.2, -0.15) is 0 Å². The Morgan fingerprint density at radius 1 is 1.53 bits per heavy atom. The van der Waals surface area contributed by atoms with E-state index in [1.165, 1.54) is 6.26 Å². The maximum absolute atomic E-state index is 12.0. The molecule has 0 unspecified atom stereocenters. The zero-order chi connectivity index (χ0) is 12.5. The van der Waals surface area contributed by atoms with E-state index in [9.17, 15) is 9.59 Å². The number of carbonyl (C=O) groups excluding carboxylic acids is 1. The van der Waals surface area contributed by atoms with E-state index in [2.05, 4.69) is 5.32 Å². The molecule has 1 aliphatic rings. The zero-order valence-corrected chi connectivity index (χ0v) is 9.66. The third-order valence-corrected chi connectivity index (χ3v) is 3.28. The van der Waals surface area contributed by atoms with Crippen molar-refractivity contribution in [1.82, 2.24) is 5.32 Å². The van der Waals surface area contributed by atoms with Gasteiger partial charge >= 0.3 is 5.97 Å². The first-order valence-corrected chi connectivity index (χ1v) is 5.61. The monoisotopic (exact) mass is 237 g/mol. The van der Waals surface area contributed by atoms with E-state index in [0.717, 1.165) is 19.3 Å². The van der Waals surface area contributed by atoms with Gasteiger partial charge in [0.1, 0.15) is 5.76 Å². The Morgan fingerprint density at radius 2 is 2.24 bits per heavy atom. The van der Waals surface area contributed by atoms with Crippen molar-refractivity contribution < 1.29 is 19.1 Å². The predicted molar refractivity (Wildman–Crippen MR) is 59.7 cm³/mol. The maximum Gasteiger partial charge on any atom is 0.305 e. The van der Waals surface area contributed by atoms with Crippen LogP contribution in [0.25, 0.3) is 0 Å². The summed E-state index contributed by atoms with van der Waals surface area (Å²) >= 11 is 0. The lowest BCUT2D eigenvalue weighted by Gasteiger charge is -2.41. The summed E-state index contributed by atoms with van der Waals surface area (Å²) in [6.07, 6.45) is 3.84. The fourth-order valence-corrected chi connectivity index (χ4v) is 2.17. The molecule has 0 bridgehead atoms. The third kappa shape index (κ3) is 2.33. The number of rotatable bonds is 4. The number of nitrogens with one attached hydrogen (secondary N) is 1. The van der Waals surface area contributed by atoms with E-state index >= 15 is 0 Å². The second kappa shape index (κ2) is 4.24. The van der Waals surface area contributed by atoms with E-state index < -0.39 is 11.5 Å². The Labute approximate surface area is 98.8 Å². The van der Waals surface area contributed by atoms with E-state index in [1.54, 1.807) is 13.0 Å². The number of carboxylic acid groups (broad SMARTS) is 1. The lowest BCUT2D eigenvalue weighted by atomic mass is 9.74. The van der Waals surface area contributed by atoms with E-state index in [1.807, 2.05) is 0 Å². The molecule has 1 fully saturated rings. The van der Waals surface area contributed by atoms with Crippen LogP contribution >= 0.6 is 0 Å². The summed E-state index contributed by atoms with van der Waals surface area (Å²) in [6, 6.07) is 1.60. The summed E-state index contributed by atoms with van der Waals surface area (Å²) in [5.41, 5.74) is -0.0891. The molecule has 0 radical (unpaired) electrons. The molecule has 2 rings (SSSR count). The van der Waals surface area contributed by atoms with Crippen LogP contribution in [0.1, 0.15) is 41.8 Å². The van der Waals surface area contributed by atoms with Crippen molar-refractivity contribution >= 4 is 11.9 Å². The Hall–Kier alpha value is -1.78. The lowest BCUT2D eigenvalue weighted by molar-refractivity contribution is -0.139. The van der Waals surface area contributed by atoms with Crippen molar-refractivity contribution in [2.45, 2.75) is 38.1 Å². The fourth-order valence-electron chi connectivity index (χ4n) is 2.17. The van der Waals surface area contributed by atoms with Gasteiger partial charge in [-0.1, -0.05) is 0 Å². The number of aliphatic carboxylic acids is 1. The molecule has 1 aromatic rings. The van der Waals surface area contributed by atoms with Crippen molar-refractivity contribution in [1.29, 1.82) is 0 Å². The number of aryl methyl sites for hydroxylation is 1. The highest BCUT2D eigenvalue weighted by Gasteiger charge is 2.40. The Morgan fingerprint density at radius 3 is 2.65 bits per heavy atom. The highest BCUT2D eigenvalue weighted by atomic mass is 16.4. The van der Waals surface area contributed by atoms with Crippen LogP contribution in [0, 0.1) is 6.92 Å². The highest BCUT2D eigenvalue weighted by molar-refractivity contribution is 5.95. The minimum atomic E-state index is -0.881. The van der Waals surface area contributed by atoms with Gasteiger partial charge in [0.15, 0.2) is 0 Å². The molecule has 92 valence electrons. The quantitative estimate of drug-likeness (QED) is 0.835. The summed E-state index contributed by atoms with van der Waals surface area (Å²) in [5, 5.41) is 11.7. The van der Waals surface area contributed by atoms with Crippen molar-refractivity contribution in [2.75, 3.05) is 0 Å². The van der Waals surface area contributed by atoms with E-state index in [4.69, 9.17) is 9.52 Å². The van der Waals surface area contributed by atoms with Gasteiger partial charge in [-0.25, -0.2) is 0 Å². The molecule has 0 aromatic carbocycles. The third-order valence-electron chi connectivity index (χ3n) is 3.28. The minimum absolute atomic E-state index is 0.0182. The van der Waals surface area contributed by atoms with Gasteiger partial charge in [-0.3, -0.25) is 9.59 Å². The largest absolute Gasteiger partial charge is 0.481 e. The van der Waals surface area contributed by atoms with Gasteiger partial charge in [-0.05, 0) is 32.3 Å². The standard InChI is InChI=1S/C12H15NO4/c1-8-9(3-6-17-8)11(16)13-12(4-2-5-12)7-10(14)15/h3,6H,2,4-5,7H2,1H3,(H,13,16)(H,14,15). The number of carbonyl (C=O) groups is 2. The van der Waals surface area contributed by atoms with Gasteiger partial charge in [0, 0.05) is 0 Å². The van der Waals surface area contributed by atoms with Crippen LogP contribution in [-0.4, -0.2) is 22.5 Å². The molecule has 1 heterocycles. The average molecular weight is 237 g/mol. The molecule has 0 aliphatic heterocycles. The highest BCUT2D eigenvalue weighted by Crippen LogP contribution is 2.35. The number of carboxylic acids is 1. The van der Waals surface area contributed by atoms with Gasteiger partial charge < -0.3 is 14.8 Å². The van der Waals surface area contributed by atoms with Gasteiger partial charge in [0.05, 0.1) is 23.8 Å². The van der Waals surface area contributed by atoms with Gasteiger partial charge in [0.2, 0.25) is 0 Å². The number of amides is 1. The first-order valence-electron chi connectivity index (χ1n) is 5.61. The average Bonchev–Trinajstić information content (AvgIpc) is 2.60. The van der Waals surface area contributed by atoms with Crippen LogP contribution in [0.2, 0.25) is 0 Å². The number of hydrogen-bond acceptors (Lipinski definition) is 3. The molecular weight excluding hydrogens is 222 g/mol. The molecule has 1 aromatic heterocycles. The zero-order valence-electron chi connectivity index (χ0n) is 9.66. The fraction of sp³-hybridized carbons (Fsp3) is 0.500. The van der Waals surface area contributed by atoms with Crippen LogP contribution in [-0.2, 0) is 4.79 Å². The second-order valence-corrected chi connectivity index (χ2v) is 4.55. The van der Waals surface area contributed by atoms with Crippen molar-refractivity contribution in [3.05, 3.63) is 23.7 Å². The molecule has 1 saturated carbocycles. The summed E-state index contributed by atoms with van der Waals surface area (Å²) in [6.45, 7) is 1.71. The van der Waals surface area contributed by atoms with Crippen molar-refractivity contribution in [3.8, 4) is 0 Å². The van der Waals surface area contributed by atoms with Crippen LogP contribution in [0.3, 0.4) is 0 Å². The normalized spacial score (nSPS) is 17.2. The SMILES string of the molecule is Cc1occc1C(=O)NC1(CC(=O)O)CCC1. The maximum atomic E-state index is 12.0. The Balaban J connectivity index is 2.07. The van der Waals surface area contributed by atoms with Crippen LogP contribution in [0.4, 0.5) is 0 Å². The second-order valence-electron chi connectivity index (χ2n) is 4.55. The molecule has 2 N–H and O–H groups in total. The molecule has 5 nitrogen and oxygen atoms in total. The van der Waals surface area contributed by atoms with E-state index in [-0.39, 0.29) is 12.3 Å². The molecule has 0 saturated heterocycles. The molecule has 0 atom stereocenters. The molecule has 5 heteroatoms. The molecule has 0 spiro atoms. The molecule has 1 aliphatic carbocycles. The molecular formula is C12H15NO4. The first kappa shape index (κ1) is 11.7. The topological polar surface area (TPSA) is 79.5 Å². The minimum Gasteiger partial charge on any atom is -0.481 e. The molecule has 17 heavy (non-hydrogen) atoms. The number of furan rings is 1. The summed E-state index contributed by atoms with van der Waals surface area (Å²) in [4.78, 5) is 22.7. The summed E-state index contributed by atoms with van der Waals surface area (Å²) < 4.78 is 5.06. The summed E-state index contributed by atoms with van der Waals surface area (Å²) in [7, 11) is 0. The van der Waals surface area contributed by atoms with Crippen LogP contribution < -0.4 is 5.32 Å². The van der Waals surface area contributed by atoms with Gasteiger partial charge in [0.25, 0.3) is 5.91 Å². The first-order chi connectivity index (χ1) is 8.02. The Bertz CT molecular complexity index is 445. The molecule has 1 amide bonds. The van der Waals surface area contributed by atoms with Crippen LogP contribution in [0.5, 0.6) is 0 Å². The van der Waals surface area contributed by atoms with Crippen LogP contribution in [0.15, 0.2) is 16.7 Å². The number of hydrogen-bond donors (Lipinski definition) is 2. The Kier molecular flexibility index (Phi) is 2.92. The predicted octanol–water partition coefficient (Wildman–Crippen LogP) is 1.72. The van der Waals surface area contributed by atoms with Crippen molar-refractivity contribution in [3.63, 3.8) is 0 Å².